The highest BCUT2D eigenvalue weighted by atomic mass is 16.1. The first-order valence-corrected chi connectivity index (χ1v) is 11.2. The molecule has 34 heavy (non-hydrogen) atoms. The van der Waals surface area contributed by atoms with E-state index in [9.17, 15) is 9.59 Å². The zero-order valence-corrected chi connectivity index (χ0v) is 18.5. The van der Waals surface area contributed by atoms with Gasteiger partial charge in [-0.3, -0.25) is 14.0 Å². The molecule has 3 aromatic heterocycles. The van der Waals surface area contributed by atoms with Gasteiger partial charge < -0.3 is 10.3 Å². The van der Waals surface area contributed by atoms with Crippen LogP contribution in [0.2, 0.25) is 0 Å². The summed E-state index contributed by atoms with van der Waals surface area (Å²) in [5, 5.41) is 5.61. The van der Waals surface area contributed by atoms with Crippen molar-refractivity contribution in [1.29, 1.82) is 0 Å². The Hall–Kier alpha value is -4.52. The van der Waals surface area contributed by atoms with Crippen molar-refractivity contribution in [1.82, 2.24) is 19.4 Å². The molecule has 0 unspecified atom stereocenters. The lowest BCUT2D eigenvalue weighted by atomic mass is 10.1. The fourth-order valence-corrected chi connectivity index (χ4v) is 4.64. The number of carbonyl (C=O) groups is 1. The van der Waals surface area contributed by atoms with Crippen LogP contribution in [-0.4, -0.2) is 25.3 Å². The predicted octanol–water partition coefficient (Wildman–Crippen LogP) is 4.76. The number of H-pyrrole nitrogens is 1. The molecule has 6 aromatic rings. The van der Waals surface area contributed by atoms with Crippen molar-refractivity contribution in [2.45, 2.75) is 19.8 Å². The number of aromatic nitrogens is 4. The average molecular weight is 447 g/mol. The Balaban J connectivity index is 1.39. The monoisotopic (exact) mass is 447 g/mol. The van der Waals surface area contributed by atoms with Crippen molar-refractivity contribution in [3.8, 4) is 0 Å². The fourth-order valence-electron chi connectivity index (χ4n) is 4.64. The van der Waals surface area contributed by atoms with Crippen LogP contribution in [0.15, 0.2) is 77.6 Å². The van der Waals surface area contributed by atoms with Crippen LogP contribution in [-0.2, 0) is 11.2 Å². The van der Waals surface area contributed by atoms with Gasteiger partial charge in [0.05, 0.1) is 33.1 Å². The van der Waals surface area contributed by atoms with E-state index in [0.717, 1.165) is 38.8 Å². The van der Waals surface area contributed by atoms with Crippen LogP contribution in [0.5, 0.6) is 0 Å². The summed E-state index contributed by atoms with van der Waals surface area (Å²) in [5.74, 6) is 1.20. The van der Waals surface area contributed by atoms with Crippen molar-refractivity contribution in [2.75, 3.05) is 5.32 Å². The minimum atomic E-state index is -0.195. The van der Waals surface area contributed by atoms with Gasteiger partial charge in [-0.2, -0.15) is 0 Å². The summed E-state index contributed by atoms with van der Waals surface area (Å²) in [6.07, 6.45) is 0.520. The summed E-state index contributed by atoms with van der Waals surface area (Å²) in [6.45, 7) is 1.97. The zero-order chi connectivity index (χ0) is 23.2. The lowest BCUT2D eigenvalue weighted by Gasteiger charge is -2.09. The standard InChI is InChI=1S/C27H21N5O2/c1-16-28-20-11-5-2-8-17(20)26-25(19-10-4-7-13-22(19)32(16)26)31-24(33)15-14-23-29-21-12-6-3-9-18(21)27(34)30-23/h2-13H,14-15H2,1H3,(H,31,33)(H,29,30,34). The number of para-hydroxylation sites is 3. The van der Waals surface area contributed by atoms with E-state index in [0.29, 0.717) is 23.1 Å². The Morgan fingerprint density at radius 3 is 2.32 bits per heavy atom. The summed E-state index contributed by atoms with van der Waals surface area (Å²) in [7, 11) is 0. The van der Waals surface area contributed by atoms with Crippen LogP contribution < -0.4 is 10.9 Å². The molecule has 0 aliphatic rings. The molecule has 0 fully saturated rings. The van der Waals surface area contributed by atoms with Crippen LogP contribution >= 0.6 is 0 Å². The van der Waals surface area contributed by atoms with Crippen molar-refractivity contribution in [3.05, 3.63) is 94.8 Å². The third-order valence-electron chi connectivity index (χ3n) is 6.15. The molecule has 7 nitrogen and oxygen atoms in total. The quantitative estimate of drug-likeness (QED) is 0.408. The van der Waals surface area contributed by atoms with Crippen molar-refractivity contribution >= 4 is 49.8 Å². The Bertz CT molecular complexity index is 1800. The maximum Gasteiger partial charge on any atom is 0.258 e. The molecule has 3 heterocycles. The topological polar surface area (TPSA) is 92.2 Å². The number of aryl methyl sites for hydroxylation is 2. The van der Waals surface area contributed by atoms with E-state index in [1.54, 1.807) is 18.2 Å². The summed E-state index contributed by atoms with van der Waals surface area (Å²) >= 11 is 0. The number of fused-ring (bicyclic) bond motifs is 6. The van der Waals surface area contributed by atoms with E-state index >= 15 is 0 Å². The summed E-state index contributed by atoms with van der Waals surface area (Å²) in [4.78, 5) is 37.5. The summed E-state index contributed by atoms with van der Waals surface area (Å²) in [6, 6.07) is 23.1. The number of carbonyl (C=O) groups excluding carboxylic acids is 1. The number of hydrogen-bond donors (Lipinski definition) is 2. The second kappa shape index (κ2) is 7.81. The number of rotatable bonds is 4. The fraction of sp³-hybridized carbons (Fsp3) is 0.111. The molecule has 7 heteroatoms. The second-order valence-electron chi connectivity index (χ2n) is 8.33. The highest BCUT2D eigenvalue weighted by Crippen LogP contribution is 2.36. The molecular weight excluding hydrogens is 426 g/mol. The highest BCUT2D eigenvalue weighted by molar-refractivity contribution is 6.16. The SMILES string of the molecule is Cc1nc2ccccc2c2c(NC(=O)CCc3nc4ccccc4c(=O)[nH]3)c3ccccc3n12. The van der Waals surface area contributed by atoms with Crippen LogP contribution in [0.25, 0.3) is 38.2 Å². The average Bonchev–Trinajstić information content (AvgIpc) is 3.18. The van der Waals surface area contributed by atoms with Gasteiger partial charge in [0, 0.05) is 23.6 Å². The van der Waals surface area contributed by atoms with Gasteiger partial charge in [-0.15, -0.1) is 0 Å². The number of benzene rings is 3. The molecule has 0 radical (unpaired) electrons. The summed E-state index contributed by atoms with van der Waals surface area (Å²) in [5.41, 5.74) is 3.99. The molecule has 166 valence electrons. The Morgan fingerprint density at radius 2 is 1.53 bits per heavy atom. The van der Waals surface area contributed by atoms with Crippen molar-refractivity contribution < 1.29 is 4.79 Å². The van der Waals surface area contributed by atoms with E-state index in [2.05, 4.69) is 19.7 Å². The lowest BCUT2D eigenvalue weighted by Crippen LogP contribution is -2.16. The second-order valence-corrected chi connectivity index (χ2v) is 8.33. The van der Waals surface area contributed by atoms with Gasteiger partial charge in [-0.05, 0) is 31.2 Å². The normalized spacial score (nSPS) is 11.6. The van der Waals surface area contributed by atoms with Crippen LogP contribution in [0.1, 0.15) is 18.1 Å². The minimum Gasteiger partial charge on any atom is -0.324 e. The van der Waals surface area contributed by atoms with Gasteiger partial charge in [-0.1, -0.05) is 48.5 Å². The van der Waals surface area contributed by atoms with Crippen LogP contribution in [0.3, 0.4) is 0 Å². The van der Waals surface area contributed by atoms with E-state index in [1.165, 1.54) is 0 Å². The number of nitrogens with one attached hydrogen (secondary N) is 2. The van der Waals surface area contributed by atoms with Gasteiger partial charge in [0.25, 0.3) is 5.56 Å². The van der Waals surface area contributed by atoms with Crippen LogP contribution in [0.4, 0.5) is 5.69 Å². The largest absolute Gasteiger partial charge is 0.324 e. The lowest BCUT2D eigenvalue weighted by molar-refractivity contribution is -0.116. The first-order chi connectivity index (χ1) is 16.6. The summed E-state index contributed by atoms with van der Waals surface area (Å²) < 4.78 is 2.09. The molecule has 0 aliphatic carbocycles. The van der Waals surface area contributed by atoms with E-state index < -0.39 is 0 Å². The van der Waals surface area contributed by atoms with E-state index in [4.69, 9.17) is 4.98 Å². The molecule has 0 atom stereocenters. The maximum atomic E-state index is 13.1. The molecule has 0 saturated heterocycles. The molecule has 1 amide bonds. The molecule has 0 bridgehead atoms. The van der Waals surface area contributed by atoms with Gasteiger partial charge in [0.1, 0.15) is 11.6 Å². The Morgan fingerprint density at radius 1 is 0.882 bits per heavy atom. The molecule has 6 rings (SSSR count). The molecule has 0 saturated carbocycles. The molecule has 0 spiro atoms. The minimum absolute atomic E-state index is 0.146. The van der Waals surface area contributed by atoms with Gasteiger partial charge in [-0.25, -0.2) is 9.97 Å². The third kappa shape index (κ3) is 3.21. The maximum absolute atomic E-state index is 13.1. The Labute approximate surface area is 194 Å². The Kier molecular flexibility index (Phi) is 4.62. The third-order valence-corrected chi connectivity index (χ3v) is 6.15. The number of amides is 1. The molecular formula is C27H21N5O2. The first kappa shape index (κ1) is 20.1. The zero-order valence-electron chi connectivity index (χ0n) is 18.5. The number of anilines is 1. The van der Waals surface area contributed by atoms with E-state index in [1.807, 2.05) is 61.5 Å². The number of hydrogen-bond acceptors (Lipinski definition) is 4. The number of nitrogens with zero attached hydrogens (tertiary/aromatic N) is 3. The predicted molar refractivity (Wildman–Crippen MR) is 134 cm³/mol. The van der Waals surface area contributed by atoms with Crippen molar-refractivity contribution in [3.63, 3.8) is 0 Å². The smallest absolute Gasteiger partial charge is 0.258 e. The molecule has 2 N–H and O–H groups in total. The van der Waals surface area contributed by atoms with Gasteiger partial charge in [0.2, 0.25) is 5.91 Å². The molecule has 0 aliphatic heterocycles. The molecule has 3 aromatic carbocycles. The van der Waals surface area contributed by atoms with Crippen LogP contribution in [0, 0.1) is 6.92 Å². The van der Waals surface area contributed by atoms with E-state index in [-0.39, 0.29) is 17.9 Å². The van der Waals surface area contributed by atoms with Gasteiger partial charge in [0.15, 0.2) is 0 Å². The van der Waals surface area contributed by atoms with Crippen molar-refractivity contribution in [2.24, 2.45) is 0 Å². The number of aromatic amines is 1. The first-order valence-electron chi connectivity index (χ1n) is 11.2. The van der Waals surface area contributed by atoms with Gasteiger partial charge >= 0.3 is 0 Å². The highest BCUT2D eigenvalue weighted by Gasteiger charge is 2.18.